The van der Waals surface area contributed by atoms with Crippen LogP contribution in [0.2, 0.25) is 0 Å². The third-order valence-electron chi connectivity index (χ3n) is 3.91. The van der Waals surface area contributed by atoms with Crippen LogP contribution in [0.25, 0.3) is 32.8 Å². The van der Waals surface area contributed by atoms with Crippen molar-refractivity contribution in [2.45, 2.75) is 0 Å². The number of hydrogen-bond donors (Lipinski definition) is 0. The molecule has 0 atom stereocenters. The fraction of sp³-hybridized carbons (Fsp3) is 0.111. The number of anilines is 1. The summed E-state index contributed by atoms with van der Waals surface area (Å²) in [6.07, 6.45) is 0. The van der Waals surface area contributed by atoms with Crippen LogP contribution >= 0.6 is 0 Å². The van der Waals surface area contributed by atoms with Gasteiger partial charge in [-0.3, -0.25) is 0 Å². The Morgan fingerprint density at radius 3 is 2.28 bits per heavy atom. The third kappa shape index (κ3) is 4.32. The molecule has 0 aliphatic heterocycles. The molecule has 0 bridgehead atoms. The van der Waals surface area contributed by atoms with Gasteiger partial charge in [0, 0.05) is 25.8 Å². The van der Waals surface area contributed by atoms with Crippen LogP contribution in [0.15, 0.2) is 54.6 Å². The zero-order valence-corrected chi connectivity index (χ0v) is 19.2. The normalized spacial score (nSPS) is 9.52. The fourth-order valence-corrected chi connectivity index (χ4v) is 2.75. The molecule has 0 fully saturated rings. The van der Waals surface area contributed by atoms with E-state index in [4.69, 9.17) is 4.98 Å². The second kappa shape index (κ2) is 9.49. The van der Waals surface area contributed by atoms with Crippen LogP contribution < -0.4 is 47.1 Å². The standard InChI is InChI=1S/C18H15N3.3ClH.Zn/c1-21(2)13-8-10-15-17(11-13)19-16-9-7-12-5-3-4-6-14(12)18(16)20-15;;;;/h3-11H,1-2H3;3*1H;/q;;;;+2/p-2. The van der Waals surface area contributed by atoms with Crippen LogP contribution in [0.4, 0.5) is 5.69 Å². The van der Waals surface area contributed by atoms with Gasteiger partial charge in [0.2, 0.25) is 11.0 Å². The predicted molar refractivity (Wildman–Crippen MR) is 87.6 cm³/mol. The zero-order chi connectivity index (χ0) is 14.4. The van der Waals surface area contributed by atoms with Crippen LogP contribution in [-0.4, -0.2) is 19.1 Å². The van der Waals surface area contributed by atoms with Gasteiger partial charge in [0.1, 0.15) is 11.0 Å². The van der Waals surface area contributed by atoms with Gasteiger partial charge in [-0.1, -0.05) is 24.3 Å². The van der Waals surface area contributed by atoms with E-state index in [1.807, 2.05) is 14.1 Å². The van der Waals surface area contributed by atoms with Gasteiger partial charge in [-0.25, -0.2) is 9.97 Å². The quantitative estimate of drug-likeness (QED) is 0.166. The summed E-state index contributed by atoms with van der Waals surface area (Å²) in [5.74, 6) is 0. The van der Waals surface area contributed by atoms with Crippen molar-refractivity contribution in [3.8, 4) is 0 Å². The Morgan fingerprint density at radius 2 is 1.56 bits per heavy atom. The molecule has 0 unspecified atom stereocenters. The fourth-order valence-electron chi connectivity index (χ4n) is 2.75. The first-order valence-corrected chi connectivity index (χ1v) is 7.04. The largest absolute Gasteiger partial charge is 2.00 e. The van der Waals surface area contributed by atoms with E-state index in [1.165, 1.54) is 10.8 Å². The predicted octanol–water partition coefficient (Wildman–Crippen LogP) is -5.57. The number of aromatic amines is 1. The van der Waals surface area contributed by atoms with Gasteiger partial charge in [-0.15, -0.1) is 0 Å². The van der Waals surface area contributed by atoms with Gasteiger partial charge in [0.15, 0.2) is 0 Å². The molecule has 1 aromatic heterocycles. The van der Waals surface area contributed by atoms with E-state index in [-0.39, 0.29) is 56.7 Å². The first kappa shape index (κ1) is 23.8. The van der Waals surface area contributed by atoms with Crippen molar-refractivity contribution < 1.29 is 61.7 Å². The van der Waals surface area contributed by atoms with E-state index < -0.39 is 0 Å². The molecule has 1 N–H and O–H groups in total. The van der Waals surface area contributed by atoms with Crippen LogP contribution in [0.5, 0.6) is 0 Å². The summed E-state index contributed by atoms with van der Waals surface area (Å²) in [6.45, 7) is 0. The second-order valence-corrected chi connectivity index (χ2v) is 5.51. The smallest absolute Gasteiger partial charge is 1.00 e. The first-order valence-electron chi connectivity index (χ1n) is 7.04. The molecule has 3 nitrogen and oxygen atoms in total. The Balaban J connectivity index is 0.00000144. The van der Waals surface area contributed by atoms with Gasteiger partial charge >= 0.3 is 19.5 Å². The average Bonchev–Trinajstić information content (AvgIpc) is 2.52. The molecule has 0 saturated carbocycles. The molecule has 25 heavy (non-hydrogen) atoms. The molecule has 4 rings (SSSR count). The summed E-state index contributed by atoms with van der Waals surface area (Å²) in [4.78, 5) is 10.4. The second-order valence-electron chi connectivity index (χ2n) is 5.51. The Hall–Kier alpha value is -1.19. The van der Waals surface area contributed by atoms with Crippen LogP contribution in [-0.2, 0) is 19.5 Å². The van der Waals surface area contributed by atoms with Crippen LogP contribution in [0.3, 0.4) is 0 Å². The number of aromatic nitrogens is 2. The van der Waals surface area contributed by atoms with Crippen molar-refractivity contribution in [2.75, 3.05) is 19.0 Å². The maximum Gasteiger partial charge on any atom is 2.00 e. The van der Waals surface area contributed by atoms with Crippen LogP contribution in [0, 0.1) is 0 Å². The number of hydrogen-bond acceptors (Lipinski definition) is 2. The third-order valence-corrected chi connectivity index (χ3v) is 3.91. The number of nitrogens with one attached hydrogen (secondary N) is 1. The van der Waals surface area contributed by atoms with Gasteiger partial charge in [-0.05, 0) is 29.7 Å². The first-order chi connectivity index (χ1) is 10.2. The number of halogens is 3. The molecule has 0 radical (unpaired) electrons. The van der Waals surface area contributed by atoms with Gasteiger partial charge in [0.25, 0.3) is 0 Å². The molecule has 0 aliphatic carbocycles. The Bertz CT molecular complexity index is 993. The van der Waals surface area contributed by atoms with Gasteiger partial charge < -0.3 is 42.1 Å². The monoisotopic (exact) mass is 443 g/mol. The number of fused-ring (bicyclic) bond motifs is 4. The molecular formula is C18H16Cl3N3Zn. The van der Waals surface area contributed by atoms with Crippen molar-refractivity contribution in [1.82, 2.24) is 4.98 Å². The minimum absolute atomic E-state index is 0. The molecule has 7 heteroatoms. The SMILES string of the molecule is CN(C)c1ccc2[nH+]c3c(ccc4ccccc43)nc2c1.[Cl-].[Cl-].[Cl-].[Zn+2]. The Kier molecular flexibility index (Phi) is 9.04. The van der Waals surface area contributed by atoms with Gasteiger partial charge in [-0.2, -0.15) is 0 Å². The minimum Gasteiger partial charge on any atom is -1.00 e. The van der Waals surface area contributed by atoms with E-state index in [2.05, 4.69) is 64.5 Å². The molecule has 3 aromatic carbocycles. The maximum atomic E-state index is 4.81. The average molecular weight is 446 g/mol. The van der Waals surface area contributed by atoms with E-state index in [0.717, 1.165) is 27.8 Å². The topological polar surface area (TPSA) is 30.3 Å². The molecule has 4 aromatic rings. The minimum atomic E-state index is 0. The van der Waals surface area contributed by atoms with E-state index in [9.17, 15) is 0 Å². The Morgan fingerprint density at radius 1 is 0.840 bits per heavy atom. The van der Waals surface area contributed by atoms with Gasteiger partial charge in [0.05, 0.1) is 5.39 Å². The van der Waals surface area contributed by atoms with Crippen molar-refractivity contribution in [3.05, 3.63) is 54.6 Å². The maximum absolute atomic E-state index is 4.81. The van der Waals surface area contributed by atoms with Crippen molar-refractivity contribution in [1.29, 1.82) is 0 Å². The summed E-state index contributed by atoms with van der Waals surface area (Å²) in [5.41, 5.74) is 5.30. The molecule has 0 aliphatic rings. The van der Waals surface area contributed by atoms with Crippen LogP contribution in [0.1, 0.15) is 0 Å². The van der Waals surface area contributed by atoms with Crippen molar-refractivity contribution in [3.63, 3.8) is 0 Å². The van der Waals surface area contributed by atoms with E-state index in [0.29, 0.717) is 0 Å². The zero-order valence-electron chi connectivity index (χ0n) is 13.9. The Labute approximate surface area is 178 Å². The van der Waals surface area contributed by atoms with E-state index in [1.54, 1.807) is 0 Å². The number of rotatable bonds is 1. The number of H-pyrrole nitrogens is 1. The summed E-state index contributed by atoms with van der Waals surface area (Å²) < 4.78 is 0. The summed E-state index contributed by atoms with van der Waals surface area (Å²) >= 11 is 0. The number of nitrogens with zero attached hydrogens (tertiary/aromatic N) is 2. The summed E-state index contributed by atoms with van der Waals surface area (Å²) in [5, 5.41) is 2.44. The molecular weight excluding hydrogens is 430 g/mol. The molecule has 0 saturated heterocycles. The molecule has 126 valence electrons. The van der Waals surface area contributed by atoms with Crippen molar-refractivity contribution >= 4 is 38.5 Å². The summed E-state index contributed by atoms with van der Waals surface area (Å²) in [6, 6.07) is 18.9. The molecule has 0 amide bonds. The number of benzene rings is 3. The van der Waals surface area contributed by atoms with E-state index >= 15 is 0 Å². The van der Waals surface area contributed by atoms with Crippen molar-refractivity contribution in [2.24, 2.45) is 0 Å². The molecule has 1 heterocycles. The molecule has 0 spiro atoms. The summed E-state index contributed by atoms with van der Waals surface area (Å²) in [7, 11) is 4.08.